The van der Waals surface area contributed by atoms with Crippen LogP contribution in [0.3, 0.4) is 0 Å². The van der Waals surface area contributed by atoms with E-state index < -0.39 is 0 Å². The molecule has 1 heterocycles. The Bertz CT molecular complexity index is 405. The molecule has 0 aliphatic carbocycles. The van der Waals surface area contributed by atoms with Crippen molar-refractivity contribution in [3.63, 3.8) is 0 Å². The van der Waals surface area contributed by atoms with Gasteiger partial charge in [0, 0.05) is 11.1 Å². The Morgan fingerprint density at radius 1 is 1.39 bits per heavy atom. The highest BCUT2D eigenvalue weighted by Gasteiger charge is 2.28. The summed E-state index contributed by atoms with van der Waals surface area (Å²) in [5.74, 6) is 0.553. The minimum Gasteiger partial charge on any atom is -0.330 e. The summed E-state index contributed by atoms with van der Waals surface area (Å²) in [6.07, 6.45) is 3.79. The third kappa shape index (κ3) is 2.87. The Morgan fingerprint density at radius 2 is 2.17 bits per heavy atom. The third-order valence-electron chi connectivity index (χ3n) is 4.11. The monoisotopic (exact) mass is 266 g/mol. The number of likely N-dealkylation sites (tertiary alicyclic amines) is 1. The number of nitrogens with two attached hydrogens (primary N) is 1. The quantitative estimate of drug-likeness (QED) is 0.889. The molecule has 0 bridgehead atoms. The van der Waals surface area contributed by atoms with Crippen LogP contribution in [0.5, 0.6) is 0 Å². The van der Waals surface area contributed by atoms with Crippen molar-refractivity contribution in [1.29, 1.82) is 0 Å². The Balaban J connectivity index is 2.36. The fourth-order valence-corrected chi connectivity index (χ4v) is 3.36. The zero-order chi connectivity index (χ0) is 13.1. The Morgan fingerprint density at radius 3 is 2.83 bits per heavy atom. The van der Waals surface area contributed by atoms with Gasteiger partial charge >= 0.3 is 0 Å². The van der Waals surface area contributed by atoms with Gasteiger partial charge in [-0.15, -0.1) is 0 Å². The van der Waals surface area contributed by atoms with Crippen LogP contribution in [0.1, 0.15) is 36.4 Å². The molecular formula is C15H23ClN2. The molecule has 18 heavy (non-hydrogen) atoms. The first-order valence-corrected chi connectivity index (χ1v) is 7.17. The Labute approximate surface area is 115 Å². The first-order chi connectivity index (χ1) is 8.63. The lowest BCUT2D eigenvalue weighted by molar-refractivity contribution is 0.195. The van der Waals surface area contributed by atoms with Gasteiger partial charge in [-0.1, -0.05) is 24.1 Å². The molecule has 1 aliphatic rings. The smallest absolute Gasteiger partial charge is 0.0408 e. The number of aryl methyl sites for hydroxylation is 1. The minimum absolute atomic E-state index is 0.440. The molecule has 2 N–H and O–H groups in total. The Hall–Kier alpha value is -0.570. The average molecular weight is 267 g/mol. The first-order valence-electron chi connectivity index (χ1n) is 6.80. The fraction of sp³-hybridized carbons (Fsp3) is 0.600. The molecule has 2 atom stereocenters. The molecule has 0 aromatic heterocycles. The fourth-order valence-electron chi connectivity index (χ4n) is 3.13. The zero-order valence-electron chi connectivity index (χ0n) is 11.3. The van der Waals surface area contributed by atoms with E-state index in [4.69, 9.17) is 17.3 Å². The number of hydrogen-bond donors (Lipinski definition) is 1. The highest BCUT2D eigenvalue weighted by atomic mass is 35.5. The average Bonchev–Trinajstić information content (AvgIpc) is 2.51. The molecule has 1 fully saturated rings. The molecule has 1 aromatic rings. The van der Waals surface area contributed by atoms with Crippen LogP contribution in [-0.4, -0.2) is 25.0 Å². The molecule has 0 spiro atoms. The van der Waals surface area contributed by atoms with Gasteiger partial charge in [-0.25, -0.2) is 0 Å². The summed E-state index contributed by atoms with van der Waals surface area (Å²) in [5.41, 5.74) is 8.66. The molecule has 100 valence electrons. The molecule has 0 amide bonds. The van der Waals surface area contributed by atoms with Crippen LogP contribution in [0.2, 0.25) is 5.02 Å². The second kappa shape index (κ2) is 6.05. The van der Waals surface area contributed by atoms with E-state index in [2.05, 4.69) is 31.0 Å². The van der Waals surface area contributed by atoms with Gasteiger partial charge in [0.2, 0.25) is 0 Å². The van der Waals surface area contributed by atoms with Crippen molar-refractivity contribution >= 4 is 11.6 Å². The lowest BCUT2D eigenvalue weighted by Crippen LogP contribution is -2.33. The van der Waals surface area contributed by atoms with Gasteiger partial charge in [0.15, 0.2) is 0 Å². The summed E-state index contributed by atoms with van der Waals surface area (Å²) in [6.45, 7) is 4.06. The minimum atomic E-state index is 0.440. The van der Waals surface area contributed by atoms with E-state index in [9.17, 15) is 0 Å². The predicted molar refractivity (Wildman–Crippen MR) is 78.0 cm³/mol. The molecule has 0 saturated carbocycles. The van der Waals surface area contributed by atoms with E-state index in [1.807, 2.05) is 6.07 Å². The highest BCUT2D eigenvalue weighted by molar-refractivity contribution is 6.30. The number of hydrogen-bond acceptors (Lipinski definition) is 2. The van der Waals surface area contributed by atoms with Crippen LogP contribution in [0.4, 0.5) is 0 Å². The van der Waals surface area contributed by atoms with Crippen LogP contribution in [0.15, 0.2) is 18.2 Å². The molecule has 2 nitrogen and oxygen atoms in total. The van der Waals surface area contributed by atoms with Crippen LogP contribution in [0.25, 0.3) is 0 Å². The van der Waals surface area contributed by atoms with Crippen LogP contribution >= 0.6 is 11.6 Å². The van der Waals surface area contributed by atoms with Crippen molar-refractivity contribution in [2.24, 2.45) is 11.7 Å². The Kier molecular flexibility index (Phi) is 4.66. The lowest BCUT2D eigenvalue weighted by atomic mass is 9.87. The summed E-state index contributed by atoms with van der Waals surface area (Å²) < 4.78 is 0. The van der Waals surface area contributed by atoms with E-state index >= 15 is 0 Å². The van der Waals surface area contributed by atoms with Gasteiger partial charge in [0.1, 0.15) is 0 Å². The normalized spacial score (nSPS) is 26.0. The number of rotatable bonds is 2. The van der Waals surface area contributed by atoms with E-state index in [-0.39, 0.29) is 0 Å². The third-order valence-corrected chi connectivity index (χ3v) is 4.35. The van der Waals surface area contributed by atoms with Gasteiger partial charge in [-0.2, -0.15) is 0 Å². The topological polar surface area (TPSA) is 29.3 Å². The number of benzene rings is 1. The summed E-state index contributed by atoms with van der Waals surface area (Å²) in [6, 6.07) is 6.67. The standard InChI is InChI=1S/C15H23ClN2/c1-11-9-13(16)6-7-14(11)15-12(10-17)5-3-4-8-18(15)2/h6-7,9,12,15H,3-5,8,10,17H2,1-2H3. The molecular weight excluding hydrogens is 244 g/mol. The molecule has 1 aliphatic heterocycles. The van der Waals surface area contributed by atoms with Crippen molar-refractivity contribution in [2.75, 3.05) is 20.1 Å². The van der Waals surface area contributed by atoms with Gasteiger partial charge in [-0.3, -0.25) is 4.90 Å². The summed E-state index contributed by atoms with van der Waals surface area (Å²) in [7, 11) is 2.21. The van der Waals surface area contributed by atoms with E-state index in [1.165, 1.54) is 30.4 Å². The van der Waals surface area contributed by atoms with Crippen LogP contribution in [0, 0.1) is 12.8 Å². The van der Waals surface area contributed by atoms with Crippen LogP contribution in [-0.2, 0) is 0 Å². The maximum Gasteiger partial charge on any atom is 0.0408 e. The van der Waals surface area contributed by atoms with Crippen molar-refractivity contribution in [2.45, 2.75) is 32.2 Å². The number of nitrogens with zero attached hydrogens (tertiary/aromatic N) is 1. The summed E-state index contributed by atoms with van der Waals surface area (Å²) in [4.78, 5) is 2.46. The predicted octanol–water partition coefficient (Wildman–Crippen LogP) is 3.38. The summed E-state index contributed by atoms with van der Waals surface area (Å²) >= 11 is 6.06. The zero-order valence-corrected chi connectivity index (χ0v) is 12.1. The second-order valence-electron chi connectivity index (χ2n) is 5.42. The molecule has 3 heteroatoms. The first kappa shape index (κ1) is 13.9. The molecule has 2 unspecified atom stereocenters. The lowest BCUT2D eigenvalue weighted by Gasteiger charge is -2.33. The van der Waals surface area contributed by atoms with E-state index in [0.717, 1.165) is 18.1 Å². The van der Waals surface area contributed by atoms with Gasteiger partial charge in [-0.05, 0) is 69.1 Å². The number of halogens is 1. The molecule has 1 saturated heterocycles. The summed E-state index contributed by atoms with van der Waals surface area (Å²) in [5, 5.41) is 0.817. The second-order valence-corrected chi connectivity index (χ2v) is 5.85. The van der Waals surface area contributed by atoms with Gasteiger partial charge in [0.05, 0.1) is 0 Å². The van der Waals surface area contributed by atoms with E-state index in [1.54, 1.807) is 0 Å². The largest absolute Gasteiger partial charge is 0.330 e. The molecule has 1 aromatic carbocycles. The highest BCUT2D eigenvalue weighted by Crippen LogP contribution is 2.35. The maximum atomic E-state index is 6.06. The van der Waals surface area contributed by atoms with Crippen molar-refractivity contribution in [1.82, 2.24) is 4.90 Å². The molecule has 0 radical (unpaired) electrons. The van der Waals surface area contributed by atoms with E-state index in [0.29, 0.717) is 12.0 Å². The van der Waals surface area contributed by atoms with Crippen molar-refractivity contribution in [3.05, 3.63) is 34.3 Å². The molecule has 2 rings (SSSR count). The van der Waals surface area contributed by atoms with Gasteiger partial charge in [0.25, 0.3) is 0 Å². The van der Waals surface area contributed by atoms with Gasteiger partial charge < -0.3 is 5.73 Å². The van der Waals surface area contributed by atoms with Crippen molar-refractivity contribution < 1.29 is 0 Å². The van der Waals surface area contributed by atoms with Crippen molar-refractivity contribution in [3.8, 4) is 0 Å². The SMILES string of the molecule is Cc1cc(Cl)ccc1C1C(CN)CCCCN1C. The van der Waals surface area contributed by atoms with Crippen LogP contribution < -0.4 is 5.73 Å². The maximum absolute atomic E-state index is 6.06.